The average Bonchev–Trinajstić information content (AvgIpc) is 2.59. The van der Waals surface area contributed by atoms with Crippen LogP contribution in [0.25, 0.3) is 0 Å². The number of carboxylic acids is 1. The third-order valence-corrected chi connectivity index (χ3v) is 4.04. The van der Waals surface area contributed by atoms with E-state index >= 15 is 0 Å². The second kappa shape index (κ2) is 5.48. The number of carbonyl (C=O) groups is 2. The summed E-state index contributed by atoms with van der Waals surface area (Å²) in [7, 11) is 0. The average molecular weight is 268 g/mol. The molecule has 1 amide bonds. The first-order chi connectivity index (χ1) is 8.61. The van der Waals surface area contributed by atoms with Crippen molar-refractivity contribution >= 4 is 28.3 Å². The minimum Gasteiger partial charge on any atom is -0.477 e. The summed E-state index contributed by atoms with van der Waals surface area (Å²) in [5, 5.41) is 12.2. The molecule has 0 saturated heterocycles. The van der Waals surface area contributed by atoms with E-state index < -0.39 is 5.97 Å². The molecule has 0 aromatic carbocycles. The Bertz CT molecular complexity index is 466. The van der Waals surface area contributed by atoms with E-state index in [1.807, 2.05) is 6.92 Å². The third-order valence-electron chi connectivity index (χ3n) is 3.06. The van der Waals surface area contributed by atoms with Crippen LogP contribution in [-0.2, 0) is 4.79 Å². The van der Waals surface area contributed by atoms with E-state index in [9.17, 15) is 9.59 Å². The minimum atomic E-state index is -0.953. The lowest BCUT2D eigenvalue weighted by atomic mass is 9.82. The molecule has 2 N–H and O–H groups in total. The van der Waals surface area contributed by atoms with Gasteiger partial charge in [0.2, 0.25) is 5.91 Å². The monoisotopic (exact) mass is 268 g/mol. The van der Waals surface area contributed by atoms with E-state index in [0.717, 1.165) is 37.0 Å². The molecule has 1 aromatic rings. The lowest BCUT2D eigenvalue weighted by Crippen LogP contribution is -2.13. The van der Waals surface area contributed by atoms with Crippen molar-refractivity contribution in [2.24, 2.45) is 0 Å². The van der Waals surface area contributed by atoms with Crippen molar-refractivity contribution in [1.29, 1.82) is 0 Å². The Morgan fingerprint density at radius 2 is 2.22 bits per heavy atom. The highest BCUT2D eigenvalue weighted by atomic mass is 32.1. The summed E-state index contributed by atoms with van der Waals surface area (Å²) in [6.07, 6.45) is 4.30. The Kier molecular flexibility index (Phi) is 3.96. The Morgan fingerprint density at radius 3 is 2.72 bits per heavy atom. The Hall–Kier alpha value is -1.43. The maximum absolute atomic E-state index is 11.5. The fourth-order valence-corrected chi connectivity index (χ4v) is 2.81. The summed E-state index contributed by atoms with van der Waals surface area (Å²) in [6, 6.07) is 0. The molecule has 1 saturated carbocycles. The number of nitrogens with one attached hydrogen (secondary N) is 1. The topological polar surface area (TPSA) is 79.3 Å². The molecule has 0 aliphatic heterocycles. The zero-order valence-corrected chi connectivity index (χ0v) is 11.0. The van der Waals surface area contributed by atoms with Gasteiger partial charge >= 0.3 is 5.97 Å². The standard InChI is InChI=1S/C12H16N2O3S/c1-2-4-8(15)13-12-14-9(7-5-3-6-7)10(18-12)11(16)17/h7H,2-6H2,1H3,(H,16,17)(H,13,14,15). The van der Waals surface area contributed by atoms with Crippen LogP contribution < -0.4 is 5.32 Å². The molecule has 18 heavy (non-hydrogen) atoms. The van der Waals surface area contributed by atoms with Gasteiger partial charge in [0.15, 0.2) is 5.13 Å². The smallest absolute Gasteiger partial charge is 0.347 e. The van der Waals surface area contributed by atoms with Crippen LogP contribution in [0.15, 0.2) is 0 Å². The van der Waals surface area contributed by atoms with Crippen molar-refractivity contribution in [2.45, 2.75) is 44.9 Å². The summed E-state index contributed by atoms with van der Waals surface area (Å²) in [5.41, 5.74) is 0.644. The van der Waals surface area contributed by atoms with Gasteiger partial charge in [0.05, 0.1) is 5.69 Å². The fraction of sp³-hybridized carbons (Fsp3) is 0.583. The van der Waals surface area contributed by atoms with E-state index in [-0.39, 0.29) is 16.7 Å². The molecular formula is C12H16N2O3S. The van der Waals surface area contributed by atoms with Gasteiger partial charge in [-0.25, -0.2) is 9.78 Å². The molecule has 5 nitrogen and oxygen atoms in total. The molecule has 1 aliphatic rings. The highest BCUT2D eigenvalue weighted by molar-refractivity contribution is 7.17. The van der Waals surface area contributed by atoms with Crippen molar-refractivity contribution in [1.82, 2.24) is 4.98 Å². The SMILES string of the molecule is CCCC(=O)Nc1nc(C2CCC2)c(C(=O)O)s1. The van der Waals surface area contributed by atoms with Gasteiger partial charge in [0.25, 0.3) is 0 Å². The predicted octanol–water partition coefficient (Wildman–Crippen LogP) is 2.85. The third kappa shape index (κ3) is 2.69. The van der Waals surface area contributed by atoms with Crippen LogP contribution in [-0.4, -0.2) is 22.0 Å². The van der Waals surface area contributed by atoms with Crippen LogP contribution in [0.5, 0.6) is 0 Å². The summed E-state index contributed by atoms with van der Waals surface area (Å²) < 4.78 is 0. The molecular weight excluding hydrogens is 252 g/mol. The number of anilines is 1. The van der Waals surface area contributed by atoms with Crippen LogP contribution in [0, 0.1) is 0 Å². The quantitative estimate of drug-likeness (QED) is 0.860. The normalized spacial score (nSPS) is 15.2. The highest BCUT2D eigenvalue weighted by Crippen LogP contribution is 2.40. The number of thiazole rings is 1. The number of hydrogen-bond acceptors (Lipinski definition) is 4. The van der Waals surface area contributed by atoms with Gasteiger partial charge in [-0.2, -0.15) is 0 Å². The van der Waals surface area contributed by atoms with Crippen LogP contribution in [0.4, 0.5) is 5.13 Å². The first kappa shape index (κ1) is 13.0. The molecule has 0 unspecified atom stereocenters. The first-order valence-corrected chi connectivity index (χ1v) is 6.97. The number of amides is 1. The van der Waals surface area contributed by atoms with Crippen LogP contribution in [0.1, 0.15) is 60.3 Å². The van der Waals surface area contributed by atoms with Crippen LogP contribution in [0.2, 0.25) is 0 Å². The number of hydrogen-bond donors (Lipinski definition) is 2. The lowest BCUT2D eigenvalue weighted by molar-refractivity contribution is -0.116. The number of carboxylic acid groups (broad SMARTS) is 1. The van der Waals surface area contributed by atoms with E-state index in [2.05, 4.69) is 10.3 Å². The molecule has 2 rings (SSSR count). The number of nitrogens with zero attached hydrogens (tertiary/aromatic N) is 1. The maximum atomic E-state index is 11.5. The molecule has 1 aliphatic carbocycles. The molecule has 1 fully saturated rings. The minimum absolute atomic E-state index is 0.108. The van der Waals surface area contributed by atoms with Gasteiger partial charge < -0.3 is 10.4 Å². The second-order valence-electron chi connectivity index (χ2n) is 4.46. The molecule has 0 radical (unpaired) electrons. The van der Waals surface area contributed by atoms with E-state index in [0.29, 0.717) is 17.2 Å². The van der Waals surface area contributed by atoms with Crippen molar-refractivity contribution in [2.75, 3.05) is 5.32 Å². The van der Waals surface area contributed by atoms with E-state index in [1.165, 1.54) is 0 Å². The zero-order chi connectivity index (χ0) is 13.1. The zero-order valence-electron chi connectivity index (χ0n) is 10.2. The number of aromatic carboxylic acids is 1. The first-order valence-electron chi connectivity index (χ1n) is 6.15. The van der Waals surface area contributed by atoms with E-state index in [1.54, 1.807) is 0 Å². The molecule has 6 heteroatoms. The Balaban J connectivity index is 2.16. The second-order valence-corrected chi connectivity index (χ2v) is 5.46. The van der Waals surface area contributed by atoms with Gasteiger partial charge in [-0.3, -0.25) is 4.79 Å². The molecule has 0 atom stereocenters. The van der Waals surface area contributed by atoms with Crippen LogP contribution in [0.3, 0.4) is 0 Å². The summed E-state index contributed by atoms with van der Waals surface area (Å²) >= 11 is 1.06. The van der Waals surface area contributed by atoms with Crippen LogP contribution >= 0.6 is 11.3 Å². The molecule has 0 spiro atoms. The molecule has 98 valence electrons. The van der Waals surface area contributed by atoms with Crippen molar-refractivity contribution in [3.63, 3.8) is 0 Å². The van der Waals surface area contributed by atoms with Gasteiger partial charge in [-0.15, -0.1) is 0 Å². The summed E-state index contributed by atoms with van der Waals surface area (Å²) in [5.74, 6) is -0.807. The molecule has 1 aromatic heterocycles. The van der Waals surface area contributed by atoms with E-state index in [4.69, 9.17) is 5.11 Å². The van der Waals surface area contributed by atoms with Gasteiger partial charge in [-0.1, -0.05) is 24.7 Å². The van der Waals surface area contributed by atoms with Crippen molar-refractivity contribution in [3.8, 4) is 0 Å². The Labute approximate surface area is 109 Å². The molecule has 0 bridgehead atoms. The van der Waals surface area contributed by atoms with Gasteiger partial charge in [-0.05, 0) is 19.3 Å². The number of aromatic nitrogens is 1. The number of carbonyl (C=O) groups excluding carboxylic acids is 1. The highest BCUT2D eigenvalue weighted by Gasteiger charge is 2.29. The van der Waals surface area contributed by atoms with Crippen molar-refractivity contribution in [3.05, 3.63) is 10.6 Å². The Morgan fingerprint density at radius 1 is 1.50 bits per heavy atom. The predicted molar refractivity (Wildman–Crippen MR) is 69.2 cm³/mol. The summed E-state index contributed by atoms with van der Waals surface area (Å²) in [4.78, 5) is 27.2. The van der Waals surface area contributed by atoms with Crippen molar-refractivity contribution < 1.29 is 14.7 Å². The maximum Gasteiger partial charge on any atom is 0.347 e. The summed E-state index contributed by atoms with van der Waals surface area (Å²) in [6.45, 7) is 1.92. The van der Waals surface area contributed by atoms with Gasteiger partial charge in [0, 0.05) is 12.3 Å². The molecule has 1 heterocycles. The van der Waals surface area contributed by atoms with Gasteiger partial charge in [0.1, 0.15) is 4.88 Å². The lowest BCUT2D eigenvalue weighted by Gasteiger charge is -2.23. The number of rotatable bonds is 5. The largest absolute Gasteiger partial charge is 0.477 e. The fourth-order valence-electron chi connectivity index (χ4n) is 1.91.